The van der Waals surface area contributed by atoms with Gasteiger partial charge in [-0.05, 0) is 29.4 Å². The lowest BCUT2D eigenvalue weighted by atomic mass is 10.1. The van der Waals surface area contributed by atoms with Crippen molar-refractivity contribution in [2.75, 3.05) is 7.05 Å². The zero-order valence-electron chi connectivity index (χ0n) is 7.10. The van der Waals surface area contributed by atoms with Crippen molar-refractivity contribution in [3.05, 3.63) is 34.3 Å². The molecule has 0 spiro atoms. The summed E-state index contributed by atoms with van der Waals surface area (Å²) in [5.74, 6) is 0. The molecule has 0 saturated carbocycles. The Morgan fingerprint density at radius 1 is 1.54 bits per heavy atom. The van der Waals surface area contributed by atoms with Crippen LogP contribution in [0.3, 0.4) is 0 Å². The topological polar surface area (TPSA) is 37.8 Å². The molecular formula is C8H9N3S2. The molecule has 0 aromatic carbocycles. The summed E-state index contributed by atoms with van der Waals surface area (Å²) in [6.45, 7) is 0. The van der Waals surface area contributed by atoms with Crippen LogP contribution in [-0.4, -0.2) is 15.8 Å². The first kappa shape index (κ1) is 8.80. The van der Waals surface area contributed by atoms with E-state index in [-0.39, 0.29) is 6.04 Å². The highest BCUT2D eigenvalue weighted by Gasteiger charge is 2.14. The smallest absolute Gasteiger partial charge is 0.0957 e. The minimum atomic E-state index is 0.185. The zero-order chi connectivity index (χ0) is 9.10. The first-order valence-electron chi connectivity index (χ1n) is 3.88. The summed E-state index contributed by atoms with van der Waals surface area (Å²) in [7, 11) is 1.93. The van der Waals surface area contributed by atoms with E-state index in [4.69, 9.17) is 0 Å². The van der Waals surface area contributed by atoms with Gasteiger partial charge in [-0.2, -0.15) is 20.1 Å². The van der Waals surface area contributed by atoms with Gasteiger partial charge in [0, 0.05) is 0 Å². The van der Waals surface area contributed by atoms with E-state index in [0.717, 1.165) is 5.69 Å². The molecule has 1 unspecified atom stereocenters. The minimum absolute atomic E-state index is 0.185. The van der Waals surface area contributed by atoms with Crippen LogP contribution in [0.2, 0.25) is 0 Å². The first-order valence-corrected chi connectivity index (χ1v) is 5.56. The Kier molecular flexibility index (Phi) is 2.68. The molecular weight excluding hydrogens is 202 g/mol. The van der Waals surface area contributed by atoms with Crippen LogP contribution >= 0.6 is 23.1 Å². The lowest BCUT2D eigenvalue weighted by Crippen LogP contribution is -2.17. The second-order valence-corrected chi connectivity index (χ2v) is 3.95. The monoisotopic (exact) mass is 211 g/mol. The standard InChI is InChI=1S/C8H9N3S2/c1-9-8(6-2-3-12-5-6)7-4-10-13-11-7/h2-5,8-9H,1H3. The van der Waals surface area contributed by atoms with E-state index < -0.39 is 0 Å². The van der Waals surface area contributed by atoms with Crippen LogP contribution in [0.25, 0.3) is 0 Å². The minimum Gasteiger partial charge on any atom is -0.308 e. The Morgan fingerprint density at radius 2 is 2.46 bits per heavy atom. The molecule has 0 aliphatic rings. The van der Waals surface area contributed by atoms with Crippen molar-refractivity contribution in [3.63, 3.8) is 0 Å². The molecule has 2 aromatic rings. The Labute approximate surface area is 84.8 Å². The van der Waals surface area contributed by atoms with E-state index in [2.05, 4.69) is 30.9 Å². The third kappa shape index (κ3) is 1.77. The molecule has 3 nitrogen and oxygen atoms in total. The SMILES string of the molecule is CNC(c1ccsc1)c1cnsn1. The number of nitrogens with one attached hydrogen (secondary N) is 1. The van der Waals surface area contributed by atoms with E-state index >= 15 is 0 Å². The number of hydrogen-bond acceptors (Lipinski definition) is 5. The maximum atomic E-state index is 4.22. The first-order chi connectivity index (χ1) is 6.42. The molecule has 0 aliphatic heterocycles. The van der Waals surface area contributed by atoms with Gasteiger partial charge in [-0.15, -0.1) is 0 Å². The predicted octanol–water partition coefficient (Wildman–Crippen LogP) is 1.91. The molecule has 0 fully saturated rings. The maximum Gasteiger partial charge on any atom is 0.0957 e. The third-order valence-corrected chi connectivity index (χ3v) is 3.03. The van der Waals surface area contributed by atoms with Crippen molar-refractivity contribution in [2.45, 2.75) is 6.04 Å². The number of hydrogen-bond donors (Lipinski definition) is 1. The van der Waals surface area contributed by atoms with Crippen LogP contribution in [0.15, 0.2) is 23.0 Å². The third-order valence-electron chi connectivity index (χ3n) is 1.84. The van der Waals surface area contributed by atoms with Crippen molar-refractivity contribution in [3.8, 4) is 0 Å². The van der Waals surface area contributed by atoms with Crippen molar-refractivity contribution in [2.24, 2.45) is 0 Å². The van der Waals surface area contributed by atoms with Crippen molar-refractivity contribution >= 4 is 23.1 Å². The highest BCUT2D eigenvalue weighted by atomic mass is 32.1. The van der Waals surface area contributed by atoms with E-state index in [9.17, 15) is 0 Å². The fourth-order valence-electron chi connectivity index (χ4n) is 1.22. The van der Waals surface area contributed by atoms with Gasteiger partial charge in [0.2, 0.25) is 0 Å². The van der Waals surface area contributed by atoms with E-state index in [1.54, 1.807) is 11.3 Å². The molecule has 2 rings (SSSR count). The second-order valence-electron chi connectivity index (χ2n) is 2.61. The number of aromatic nitrogens is 2. The molecule has 13 heavy (non-hydrogen) atoms. The van der Waals surface area contributed by atoms with Crippen LogP contribution in [0.5, 0.6) is 0 Å². The van der Waals surface area contributed by atoms with Crippen LogP contribution < -0.4 is 5.32 Å². The molecule has 5 heteroatoms. The van der Waals surface area contributed by atoms with Crippen LogP contribution in [0.4, 0.5) is 0 Å². The zero-order valence-corrected chi connectivity index (χ0v) is 8.73. The summed E-state index contributed by atoms with van der Waals surface area (Å²) >= 11 is 2.94. The van der Waals surface area contributed by atoms with Crippen molar-refractivity contribution < 1.29 is 0 Å². The van der Waals surface area contributed by atoms with Crippen molar-refractivity contribution in [1.82, 2.24) is 14.1 Å². The van der Waals surface area contributed by atoms with E-state index in [0.29, 0.717) is 0 Å². The summed E-state index contributed by atoms with van der Waals surface area (Å²) in [4.78, 5) is 0. The molecule has 0 radical (unpaired) electrons. The lowest BCUT2D eigenvalue weighted by molar-refractivity contribution is 0.680. The van der Waals surface area contributed by atoms with Crippen molar-refractivity contribution in [1.29, 1.82) is 0 Å². The molecule has 0 bridgehead atoms. The molecule has 1 atom stereocenters. The predicted molar refractivity (Wildman–Crippen MR) is 55.1 cm³/mol. The van der Waals surface area contributed by atoms with E-state index in [1.165, 1.54) is 17.3 Å². The van der Waals surface area contributed by atoms with Gasteiger partial charge in [-0.3, -0.25) is 0 Å². The summed E-state index contributed by atoms with van der Waals surface area (Å²) in [5.41, 5.74) is 2.24. The molecule has 2 aromatic heterocycles. The normalized spacial score (nSPS) is 13.0. The highest BCUT2D eigenvalue weighted by molar-refractivity contribution is 7.08. The molecule has 68 valence electrons. The summed E-state index contributed by atoms with van der Waals surface area (Å²) < 4.78 is 8.21. The number of nitrogens with zero attached hydrogens (tertiary/aromatic N) is 2. The number of rotatable bonds is 3. The largest absolute Gasteiger partial charge is 0.308 e. The fraction of sp³-hybridized carbons (Fsp3) is 0.250. The van der Waals surface area contributed by atoms with Crippen LogP contribution in [0.1, 0.15) is 17.3 Å². The molecule has 0 saturated heterocycles. The summed E-state index contributed by atoms with van der Waals surface area (Å²) in [5, 5.41) is 7.41. The van der Waals surface area contributed by atoms with Gasteiger partial charge in [0.25, 0.3) is 0 Å². The van der Waals surface area contributed by atoms with Gasteiger partial charge in [-0.25, -0.2) is 0 Å². The highest BCUT2D eigenvalue weighted by Crippen LogP contribution is 2.21. The average Bonchev–Trinajstić information content (AvgIpc) is 2.76. The number of thiophene rings is 1. The average molecular weight is 211 g/mol. The van der Waals surface area contributed by atoms with Crippen LogP contribution in [-0.2, 0) is 0 Å². The van der Waals surface area contributed by atoms with Gasteiger partial charge in [-0.1, -0.05) is 0 Å². The Hall–Kier alpha value is -0.780. The molecule has 1 N–H and O–H groups in total. The molecule has 0 aliphatic carbocycles. The Balaban J connectivity index is 2.29. The van der Waals surface area contributed by atoms with Gasteiger partial charge >= 0.3 is 0 Å². The Bertz CT molecular complexity index is 307. The molecule has 2 heterocycles. The van der Waals surface area contributed by atoms with Gasteiger partial charge in [0.1, 0.15) is 0 Å². The van der Waals surface area contributed by atoms with Gasteiger partial charge in [0.15, 0.2) is 0 Å². The fourth-order valence-corrected chi connectivity index (χ4v) is 2.36. The second kappa shape index (κ2) is 3.95. The quantitative estimate of drug-likeness (QED) is 0.842. The summed E-state index contributed by atoms with van der Waals surface area (Å²) in [6, 6.07) is 2.29. The van der Waals surface area contributed by atoms with Crippen LogP contribution in [0, 0.1) is 0 Å². The van der Waals surface area contributed by atoms with E-state index in [1.807, 2.05) is 13.2 Å². The van der Waals surface area contributed by atoms with Gasteiger partial charge in [0.05, 0.1) is 29.7 Å². The molecule has 0 amide bonds. The summed E-state index contributed by atoms with van der Waals surface area (Å²) in [6.07, 6.45) is 1.81. The maximum absolute atomic E-state index is 4.22. The Morgan fingerprint density at radius 3 is 3.00 bits per heavy atom. The lowest BCUT2D eigenvalue weighted by Gasteiger charge is -2.10. The van der Waals surface area contributed by atoms with Gasteiger partial charge < -0.3 is 5.32 Å².